The molecule has 1 fully saturated rings. The highest BCUT2D eigenvalue weighted by Crippen LogP contribution is 2.31. The lowest BCUT2D eigenvalue weighted by molar-refractivity contribution is 0.0645. The highest BCUT2D eigenvalue weighted by molar-refractivity contribution is 6.03. The number of morpholine rings is 1. The number of anilines is 1. The maximum Gasteiger partial charge on any atom is 0.183 e. The van der Waals surface area contributed by atoms with E-state index >= 15 is 0 Å². The van der Waals surface area contributed by atoms with Crippen LogP contribution in [-0.4, -0.2) is 56.6 Å². The van der Waals surface area contributed by atoms with Crippen molar-refractivity contribution in [1.82, 2.24) is 4.90 Å². The summed E-state index contributed by atoms with van der Waals surface area (Å²) in [4.78, 5) is 18.9. The van der Waals surface area contributed by atoms with Crippen LogP contribution in [0.15, 0.2) is 48.5 Å². The standard InChI is InChI=1S/C39H62N2O2/c1-5-7-9-11-12-13-14-15-16-17-19-34-20-22-35(23-21-34)33-39(40(3)4,28-18-10-8-6-2)38(42)36-24-26-37(27-25-36)41-29-31-43-32-30-41/h20-27H,5-19,28-33H2,1-4H3. The lowest BCUT2D eigenvalue weighted by atomic mass is 9.78. The maximum absolute atomic E-state index is 14.4. The number of nitrogens with zero attached hydrogens (tertiary/aromatic N) is 2. The summed E-state index contributed by atoms with van der Waals surface area (Å²) < 4.78 is 5.52. The second kappa shape index (κ2) is 20.0. The Hall–Kier alpha value is -2.17. The number of hydrogen-bond donors (Lipinski definition) is 0. The van der Waals surface area contributed by atoms with E-state index in [-0.39, 0.29) is 5.78 Å². The highest BCUT2D eigenvalue weighted by Gasteiger charge is 2.40. The largest absolute Gasteiger partial charge is 0.378 e. The molecule has 0 bridgehead atoms. The van der Waals surface area contributed by atoms with Crippen LogP contribution in [0.25, 0.3) is 0 Å². The van der Waals surface area contributed by atoms with Gasteiger partial charge in [0, 0.05) is 24.3 Å². The minimum atomic E-state index is -0.549. The van der Waals surface area contributed by atoms with Crippen LogP contribution in [0.3, 0.4) is 0 Å². The normalized spacial score (nSPS) is 15.1. The summed E-state index contributed by atoms with van der Waals surface area (Å²) in [5.41, 5.74) is 4.13. The van der Waals surface area contributed by atoms with Gasteiger partial charge in [-0.1, -0.05) is 122 Å². The summed E-state index contributed by atoms with van der Waals surface area (Å²) in [5.74, 6) is 0.247. The van der Waals surface area contributed by atoms with Gasteiger partial charge in [0.2, 0.25) is 0 Å². The molecule has 43 heavy (non-hydrogen) atoms. The van der Waals surface area contributed by atoms with Gasteiger partial charge in [-0.15, -0.1) is 0 Å². The van der Waals surface area contributed by atoms with Gasteiger partial charge in [-0.05, 0) is 75.2 Å². The van der Waals surface area contributed by atoms with E-state index in [1.54, 1.807) is 0 Å². The Labute approximate surface area is 264 Å². The molecule has 4 nitrogen and oxygen atoms in total. The minimum Gasteiger partial charge on any atom is -0.378 e. The van der Waals surface area contributed by atoms with E-state index < -0.39 is 5.54 Å². The second-order valence-corrected chi connectivity index (χ2v) is 13.1. The van der Waals surface area contributed by atoms with E-state index in [0.29, 0.717) is 0 Å². The molecule has 240 valence electrons. The minimum absolute atomic E-state index is 0.247. The lowest BCUT2D eigenvalue weighted by Crippen LogP contribution is -2.53. The number of carbonyl (C=O) groups is 1. The van der Waals surface area contributed by atoms with Crippen LogP contribution >= 0.6 is 0 Å². The van der Waals surface area contributed by atoms with Gasteiger partial charge >= 0.3 is 0 Å². The zero-order valence-electron chi connectivity index (χ0n) is 28.2. The molecule has 0 aromatic heterocycles. The summed E-state index contributed by atoms with van der Waals surface area (Å²) in [7, 11) is 4.19. The number of likely N-dealkylation sites (N-methyl/N-ethyl adjacent to an activating group) is 1. The number of Topliss-reactive ketones (excluding diaryl/α,β-unsaturated/α-hetero) is 1. The monoisotopic (exact) mass is 590 g/mol. The first-order chi connectivity index (χ1) is 21.0. The third kappa shape index (κ3) is 11.7. The van der Waals surface area contributed by atoms with Gasteiger partial charge in [-0.3, -0.25) is 9.69 Å². The smallest absolute Gasteiger partial charge is 0.183 e. The molecule has 0 radical (unpaired) electrons. The number of aryl methyl sites for hydroxylation is 1. The third-order valence-electron chi connectivity index (χ3n) is 9.57. The number of ketones is 1. The van der Waals surface area contributed by atoms with Crippen LogP contribution in [-0.2, 0) is 17.6 Å². The fraction of sp³-hybridized carbons (Fsp3) is 0.667. The number of rotatable bonds is 22. The van der Waals surface area contributed by atoms with Crippen molar-refractivity contribution in [1.29, 1.82) is 0 Å². The molecule has 2 aromatic carbocycles. The molecule has 2 aromatic rings. The molecule has 0 amide bonds. The topological polar surface area (TPSA) is 32.8 Å². The van der Waals surface area contributed by atoms with Gasteiger partial charge in [0.25, 0.3) is 0 Å². The number of benzene rings is 2. The van der Waals surface area contributed by atoms with Crippen LogP contribution in [0.4, 0.5) is 5.69 Å². The molecule has 1 aliphatic rings. The SMILES string of the molecule is CCCCCCCCCCCCc1ccc(CC(CCCCCC)(C(=O)c2ccc(N3CCOCC3)cc2)N(C)C)cc1. The molecule has 1 atom stereocenters. The van der Waals surface area contributed by atoms with Crippen molar-refractivity contribution in [2.75, 3.05) is 45.3 Å². The molecule has 3 rings (SSSR count). The fourth-order valence-corrected chi connectivity index (χ4v) is 6.60. The lowest BCUT2D eigenvalue weighted by Gasteiger charge is -2.39. The quantitative estimate of drug-likeness (QED) is 0.101. The van der Waals surface area contributed by atoms with Crippen molar-refractivity contribution in [2.45, 2.75) is 129 Å². The van der Waals surface area contributed by atoms with Gasteiger partial charge in [0.15, 0.2) is 5.78 Å². The van der Waals surface area contributed by atoms with Crippen LogP contribution in [0.5, 0.6) is 0 Å². The summed E-state index contributed by atoms with van der Waals surface area (Å²) in [6, 6.07) is 17.5. The highest BCUT2D eigenvalue weighted by atomic mass is 16.5. The van der Waals surface area contributed by atoms with E-state index in [1.165, 1.54) is 100 Å². The number of carbonyl (C=O) groups excluding carboxylic acids is 1. The molecule has 0 aliphatic carbocycles. The molecule has 0 spiro atoms. The molecule has 4 heteroatoms. The Morgan fingerprint density at radius 1 is 0.698 bits per heavy atom. The van der Waals surface area contributed by atoms with E-state index in [1.807, 2.05) is 12.1 Å². The Bertz CT molecular complexity index is 1010. The molecule has 1 aliphatic heterocycles. The third-order valence-corrected chi connectivity index (χ3v) is 9.57. The number of hydrogen-bond acceptors (Lipinski definition) is 4. The van der Waals surface area contributed by atoms with Crippen LogP contribution in [0, 0.1) is 0 Å². The van der Waals surface area contributed by atoms with E-state index in [9.17, 15) is 4.79 Å². The fourth-order valence-electron chi connectivity index (χ4n) is 6.60. The predicted molar refractivity (Wildman–Crippen MR) is 185 cm³/mol. The van der Waals surface area contributed by atoms with E-state index in [2.05, 4.69) is 74.1 Å². The van der Waals surface area contributed by atoms with E-state index in [4.69, 9.17) is 4.74 Å². The Kier molecular flexibility index (Phi) is 16.4. The first-order valence-corrected chi connectivity index (χ1v) is 17.7. The Balaban J connectivity index is 1.60. The van der Waals surface area contributed by atoms with Crippen LogP contribution < -0.4 is 4.90 Å². The maximum atomic E-state index is 14.4. The Morgan fingerprint density at radius 2 is 1.21 bits per heavy atom. The van der Waals surface area contributed by atoms with Gasteiger partial charge in [-0.25, -0.2) is 0 Å². The average molecular weight is 591 g/mol. The van der Waals surface area contributed by atoms with Crippen molar-refractivity contribution in [2.24, 2.45) is 0 Å². The molecule has 0 saturated carbocycles. The van der Waals surface area contributed by atoms with Crippen LogP contribution in [0.2, 0.25) is 0 Å². The van der Waals surface area contributed by atoms with Gasteiger partial charge in [0.05, 0.1) is 18.8 Å². The van der Waals surface area contributed by atoms with Crippen molar-refractivity contribution in [3.63, 3.8) is 0 Å². The molecule has 1 unspecified atom stereocenters. The summed E-state index contributed by atoms with van der Waals surface area (Å²) in [6.45, 7) is 7.87. The zero-order valence-corrected chi connectivity index (χ0v) is 28.2. The average Bonchev–Trinajstić information content (AvgIpc) is 3.04. The molecule has 1 saturated heterocycles. The van der Waals surface area contributed by atoms with Gasteiger partial charge in [-0.2, -0.15) is 0 Å². The summed E-state index contributed by atoms with van der Waals surface area (Å²) >= 11 is 0. The van der Waals surface area contributed by atoms with Crippen molar-refractivity contribution >= 4 is 11.5 Å². The summed E-state index contributed by atoms with van der Waals surface area (Å²) in [5, 5.41) is 0. The van der Waals surface area contributed by atoms with Gasteiger partial charge < -0.3 is 9.64 Å². The Morgan fingerprint density at radius 3 is 1.77 bits per heavy atom. The van der Waals surface area contributed by atoms with Gasteiger partial charge in [0.1, 0.15) is 0 Å². The summed E-state index contributed by atoms with van der Waals surface area (Å²) in [6.07, 6.45) is 21.2. The van der Waals surface area contributed by atoms with Crippen LogP contribution in [0.1, 0.15) is 132 Å². The number of ether oxygens (including phenoxy) is 1. The predicted octanol–water partition coefficient (Wildman–Crippen LogP) is 9.68. The first kappa shape index (κ1) is 35.3. The molecular formula is C39H62N2O2. The molecular weight excluding hydrogens is 528 g/mol. The first-order valence-electron chi connectivity index (χ1n) is 17.7. The zero-order chi connectivity index (χ0) is 30.8. The molecule has 0 N–H and O–H groups in total. The van der Waals surface area contributed by atoms with Crippen molar-refractivity contribution in [3.8, 4) is 0 Å². The second-order valence-electron chi connectivity index (χ2n) is 13.1. The number of unbranched alkanes of at least 4 members (excludes halogenated alkanes) is 12. The van der Waals surface area contributed by atoms with Crippen molar-refractivity contribution < 1.29 is 9.53 Å². The van der Waals surface area contributed by atoms with Crippen molar-refractivity contribution in [3.05, 3.63) is 65.2 Å². The van der Waals surface area contributed by atoms with E-state index in [0.717, 1.165) is 57.6 Å². The molecule has 1 heterocycles.